The van der Waals surface area contributed by atoms with Crippen molar-refractivity contribution in [3.8, 4) is 11.5 Å². The minimum Gasteiger partial charge on any atom is -0.403 e. The van der Waals surface area contributed by atoms with Gasteiger partial charge in [0.1, 0.15) is 0 Å². The normalized spacial score (nSPS) is 12.1. The van der Waals surface area contributed by atoms with E-state index in [-0.39, 0.29) is 33.0 Å². The van der Waals surface area contributed by atoms with Crippen molar-refractivity contribution in [3.05, 3.63) is 54.1 Å². The van der Waals surface area contributed by atoms with Crippen LogP contribution in [0.15, 0.2) is 62.7 Å². The van der Waals surface area contributed by atoms with Crippen LogP contribution in [0.3, 0.4) is 0 Å². The molecule has 0 atom stereocenters. The number of sulfone groups is 1. The topological polar surface area (TPSA) is 140 Å². The highest BCUT2D eigenvalue weighted by Crippen LogP contribution is 2.23. The van der Waals surface area contributed by atoms with Crippen molar-refractivity contribution >= 4 is 31.8 Å². The summed E-state index contributed by atoms with van der Waals surface area (Å²) < 4.78 is 54.5. The Morgan fingerprint density at radius 2 is 1.52 bits per heavy atom. The van der Waals surface area contributed by atoms with Crippen molar-refractivity contribution in [2.24, 2.45) is 0 Å². The van der Waals surface area contributed by atoms with Crippen LogP contribution >= 0.6 is 0 Å². The van der Waals surface area contributed by atoms with Gasteiger partial charge in [-0.3, -0.25) is 10.1 Å². The maximum Gasteiger partial charge on any atom is 0.322 e. The Kier molecular flexibility index (Phi) is 6.25. The maximum absolute atomic E-state index is 12.3. The van der Waals surface area contributed by atoms with E-state index in [0.29, 0.717) is 5.56 Å². The Balaban J connectivity index is 1.73. The third-order valence-electron chi connectivity index (χ3n) is 4.38. The van der Waals surface area contributed by atoms with E-state index in [1.807, 2.05) is 0 Å². The monoisotopic (exact) mass is 464 g/mol. The van der Waals surface area contributed by atoms with Crippen LogP contribution in [0.1, 0.15) is 17.3 Å². The lowest BCUT2D eigenvalue weighted by Crippen LogP contribution is -2.22. The molecule has 3 rings (SSSR count). The van der Waals surface area contributed by atoms with E-state index in [0.717, 1.165) is 4.31 Å². The predicted octanol–water partition coefficient (Wildman–Crippen LogP) is 2.03. The van der Waals surface area contributed by atoms with Gasteiger partial charge in [0, 0.05) is 25.2 Å². The van der Waals surface area contributed by atoms with Crippen molar-refractivity contribution in [3.63, 3.8) is 0 Å². The molecule has 12 heteroatoms. The number of carbonyl (C=O) groups is 1. The summed E-state index contributed by atoms with van der Waals surface area (Å²) in [6, 6.07) is 11.2. The number of hydrogen-bond donors (Lipinski definition) is 1. The first-order valence-corrected chi connectivity index (χ1v) is 12.1. The van der Waals surface area contributed by atoms with Gasteiger partial charge in [-0.15, -0.1) is 5.10 Å². The molecule has 164 valence electrons. The molecule has 0 fully saturated rings. The second-order valence-corrected chi connectivity index (χ2v) is 11.0. The van der Waals surface area contributed by atoms with Gasteiger partial charge < -0.3 is 4.42 Å². The van der Waals surface area contributed by atoms with E-state index in [2.05, 4.69) is 15.5 Å². The van der Waals surface area contributed by atoms with E-state index in [1.165, 1.54) is 69.6 Å². The van der Waals surface area contributed by atoms with Crippen LogP contribution in [0.2, 0.25) is 0 Å². The van der Waals surface area contributed by atoms with E-state index < -0.39 is 25.8 Å². The molecule has 0 bridgehead atoms. The zero-order valence-electron chi connectivity index (χ0n) is 16.9. The Labute approximate surface area is 179 Å². The summed E-state index contributed by atoms with van der Waals surface area (Å²) in [6.45, 7) is 1.54. The van der Waals surface area contributed by atoms with Crippen LogP contribution in [0.4, 0.5) is 6.01 Å². The van der Waals surface area contributed by atoms with E-state index in [4.69, 9.17) is 4.42 Å². The van der Waals surface area contributed by atoms with Gasteiger partial charge in [0.25, 0.3) is 5.91 Å². The Bertz CT molecular complexity index is 1300. The number of carbonyl (C=O) groups excluding carboxylic acids is 1. The molecule has 10 nitrogen and oxygen atoms in total. The first-order valence-electron chi connectivity index (χ1n) is 9.05. The number of anilines is 1. The molecule has 1 N–H and O–H groups in total. The molecule has 0 saturated carbocycles. The molecule has 1 aromatic heterocycles. The number of sulfonamides is 1. The fraction of sp³-hybridized carbons (Fsp3) is 0.211. The highest BCUT2D eigenvalue weighted by molar-refractivity contribution is 7.91. The van der Waals surface area contributed by atoms with Gasteiger partial charge in [0.2, 0.25) is 15.9 Å². The molecule has 2 aromatic carbocycles. The second-order valence-electron chi connectivity index (χ2n) is 6.61. The summed E-state index contributed by atoms with van der Waals surface area (Å²) in [4.78, 5) is 12.6. The van der Waals surface area contributed by atoms with Crippen molar-refractivity contribution in [1.29, 1.82) is 0 Å². The van der Waals surface area contributed by atoms with Crippen LogP contribution < -0.4 is 5.32 Å². The average Bonchev–Trinajstić information content (AvgIpc) is 3.22. The van der Waals surface area contributed by atoms with Crippen molar-refractivity contribution in [2.45, 2.75) is 16.7 Å². The highest BCUT2D eigenvalue weighted by atomic mass is 32.2. The van der Waals surface area contributed by atoms with E-state index in [9.17, 15) is 21.6 Å². The molecule has 0 unspecified atom stereocenters. The standard InChI is InChI=1S/C19H20N4O6S2/c1-4-30(25,26)15-9-5-13(6-10-15)17(24)20-19-22-21-18(29-19)14-7-11-16(12-8-14)31(27,28)23(2)3/h5-12H,4H2,1-3H3,(H,20,22,24). The first-order chi connectivity index (χ1) is 14.5. The summed E-state index contributed by atoms with van der Waals surface area (Å²) in [7, 11) is -4.04. The summed E-state index contributed by atoms with van der Waals surface area (Å²) in [5.41, 5.74) is 0.688. The number of nitrogens with one attached hydrogen (secondary N) is 1. The quantitative estimate of drug-likeness (QED) is 0.560. The third-order valence-corrected chi connectivity index (χ3v) is 7.96. The lowest BCUT2D eigenvalue weighted by molar-refractivity contribution is 0.102. The summed E-state index contributed by atoms with van der Waals surface area (Å²) in [6.07, 6.45) is 0. The SMILES string of the molecule is CCS(=O)(=O)c1ccc(C(=O)Nc2nnc(-c3ccc(S(=O)(=O)N(C)C)cc3)o2)cc1. The minimum absolute atomic E-state index is 0.0364. The molecule has 0 radical (unpaired) electrons. The fourth-order valence-corrected chi connectivity index (χ4v) is 4.31. The number of hydrogen-bond acceptors (Lipinski definition) is 8. The van der Waals surface area contributed by atoms with Gasteiger partial charge in [0.15, 0.2) is 9.84 Å². The zero-order chi connectivity index (χ0) is 22.8. The Hall–Kier alpha value is -3.09. The molecule has 0 spiro atoms. The first kappa shape index (κ1) is 22.6. The summed E-state index contributed by atoms with van der Waals surface area (Å²) in [5, 5.41) is 10.0. The molecule has 0 aliphatic heterocycles. The van der Waals surface area contributed by atoms with E-state index >= 15 is 0 Å². The van der Waals surface area contributed by atoms with Gasteiger partial charge in [-0.25, -0.2) is 21.1 Å². The van der Waals surface area contributed by atoms with Crippen molar-refractivity contribution in [1.82, 2.24) is 14.5 Å². The number of rotatable bonds is 7. The largest absolute Gasteiger partial charge is 0.403 e. The minimum atomic E-state index is -3.56. The highest BCUT2D eigenvalue weighted by Gasteiger charge is 2.18. The molecule has 0 saturated heterocycles. The Morgan fingerprint density at radius 3 is 2.06 bits per heavy atom. The van der Waals surface area contributed by atoms with Crippen molar-refractivity contribution in [2.75, 3.05) is 25.2 Å². The van der Waals surface area contributed by atoms with Gasteiger partial charge in [-0.05, 0) is 48.5 Å². The summed E-state index contributed by atoms with van der Waals surface area (Å²) in [5.74, 6) is -0.498. The van der Waals surface area contributed by atoms with Crippen LogP contribution in [0.5, 0.6) is 0 Å². The zero-order valence-corrected chi connectivity index (χ0v) is 18.6. The molecular formula is C19H20N4O6S2. The van der Waals surface area contributed by atoms with E-state index in [1.54, 1.807) is 0 Å². The van der Waals surface area contributed by atoms with Crippen LogP contribution in [-0.2, 0) is 19.9 Å². The average molecular weight is 465 g/mol. The maximum atomic E-state index is 12.3. The smallest absolute Gasteiger partial charge is 0.322 e. The molecule has 3 aromatic rings. The van der Waals surface area contributed by atoms with Gasteiger partial charge in [-0.1, -0.05) is 12.0 Å². The lowest BCUT2D eigenvalue weighted by atomic mass is 10.2. The van der Waals surface area contributed by atoms with Crippen molar-refractivity contribution < 1.29 is 26.0 Å². The molecule has 1 heterocycles. The van der Waals surface area contributed by atoms with Crippen LogP contribution in [-0.4, -0.2) is 57.1 Å². The van der Waals surface area contributed by atoms with Gasteiger partial charge in [0.05, 0.1) is 15.5 Å². The molecule has 0 aliphatic rings. The summed E-state index contributed by atoms with van der Waals surface area (Å²) >= 11 is 0. The molecular weight excluding hydrogens is 444 g/mol. The fourth-order valence-electron chi connectivity index (χ4n) is 2.52. The molecule has 0 aliphatic carbocycles. The van der Waals surface area contributed by atoms with Gasteiger partial charge >= 0.3 is 6.01 Å². The number of benzene rings is 2. The third kappa shape index (κ3) is 4.81. The molecule has 31 heavy (non-hydrogen) atoms. The predicted molar refractivity (Wildman–Crippen MR) is 113 cm³/mol. The second kappa shape index (κ2) is 8.57. The van der Waals surface area contributed by atoms with Crippen LogP contribution in [0, 0.1) is 0 Å². The lowest BCUT2D eigenvalue weighted by Gasteiger charge is -2.11. The number of amides is 1. The van der Waals surface area contributed by atoms with Gasteiger partial charge in [-0.2, -0.15) is 0 Å². The van der Waals surface area contributed by atoms with Crippen LogP contribution in [0.25, 0.3) is 11.5 Å². The molecule has 1 amide bonds. The number of nitrogens with zero attached hydrogens (tertiary/aromatic N) is 3. The Morgan fingerprint density at radius 1 is 0.935 bits per heavy atom. The number of aromatic nitrogens is 2.